The molecule has 0 fully saturated rings. The van der Waals surface area contributed by atoms with Crippen LogP contribution in [0.3, 0.4) is 0 Å². The molecule has 0 radical (unpaired) electrons. The highest BCUT2D eigenvalue weighted by Crippen LogP contribution is 2.24. The number of aryl methyl sites for hydroxylation is 2. The number of benzene rings is 1. The summed E-state index contributed by atoms with van der Waals surface area (Å²) >= 11 is 0. The van der Waals surface area contributed by atoms with Gasteiger partial charge in [0.25, 0.3) is 0 Å². The number of aliphatic imine (C=N–C) groups is 1. The molecular formula is C19H28F2IN7. The molecule has 2 unspecified atom stereocenters. The molecular weight excluding hydrogens is 491 g/mol. The molecule has 2 N–H and O–H groups in total. The second-order valence-corrected chi connectivity index (χ2v) is 7.21. The Bertz CT molecular complexity index is 833. The molecule has 1 aliphatic heterocycles. The van der Waals surface area contributed by atoms with Gasteiger partial charge < -0.3 is 15.5 Å². The summed E-state index contributed by atoms with van der Waals surface area (Å²) in [6, 6.07) is 3.61. The predicted octanol–water partition coefficient (Wildman–Crippen LogP) is 2.27. The van der Waals surface area contributed by atoms with Crippen LogP contribution in [-0.2, 0) is 13.0 Å². The Morgan fingerprint density at radius 2 is 2.03 bits per heavy atom. The topological polar surface area (TPSA) is 70.4 Å². The molecule has 160 valence electrons. The fourth-order valence-corrected chi connectivity index (χ4v) is 3.50. The van der Waals surface area contributed by atoms with Crippen molar-refractivity contribution in [2.75, 3.05) is 27.7 Å². The van der Waals surface area contributed by atoms with Gasteiger partial charge in [0, 0.05) is 31.6 Å². The smallest absolute Gasteiger partial charge is 0.191 e. The van der Waals surface area contributed by atoms with Crippen molar-refractivity contribution >= 4 is 29.9 Å². The largest absolute Gasteiger partial charge is 0.354 e. The number of likely N-dealkylation sites (N-methyl/N-ethyl adjacent to an activating group) is 1. The first-order valence-corrected chi connectivity index (χ1v) is 9.37. The third-order valence-corrected chi connectivity index (χ3v) is 4.95. The lowest BCUT2D eigenvalue weighted by Crippen LogP contribution is -2.48. The maximum Gasteiger partial charge on any atom is 0.191 e. The van der Waals surface area contributed by atoms with Crippen LogP contribution in [-0.4, -0.2) is 59.4 Å². The van der Waals surface area contributed by atoms with Gasteiger partial charge in [-0.3, -0.25) is 4.99 Å². The van der Waals surface area contributed by atoms with Crippen LogP contribution < -0.4 is 10.6 Å². The Morgan fingerprint density at radius 3 is 2.66 bits per heavy atom. The second-order valence-electron chi connectivity index (χ2n) is 7.21. The van der Waals surface area contributed by atoms with Crippen molar-refractivity contribution in [2.24, 2.45) is 4.99 Å². The number of nitrogens with zero attached hydrogens (tertiary/aromatic N) is 5. The van der Waals surface area contributed by atoms with Crippen LogP contribution in [0.15, 0.2) is 23.2 Å². The summed E-state index contributed by atoms with van der Waals surface area (Å²) < 4.78 is 30.4. The highest BCUT2D eigenvalue weighted by atomic mass is 127. The Labute approximate surface area is 187 Å². The van der Waals surface area contributed by atoms with Crippen molar-refractivity contribution in [1.82, 2.24) is 30.3 Å². The second kappa shape index (κ2) is 10.3. The van der Waals surface area contributed by atoms with Crippen LogP contribution in [0.2, 0.25) is 0 Å². The first-order valence-electron chi connectivity index (χ1n) is 9.37. The van der Waals surface area contributed by atoms with E-state index >= 15 is 0 Å². The summed E-state index contributed by atoms with van der Waals surface area (Å²) in [7, 11) is 5.27. The van der Waals surface area contributed by atoms with Gasteiger partial charge in [-0.05, 0) is 39.6 Å². The van der Waals surface area contributed by atoms with Crippen molar-refractivity contribution in [3.8, 4) is 0 Å². The lowest BCUT2D eigenvalue weighted by Gasteiger charge is -2.29. The molecule has 29 heavy (non-hydrogen) atoms. The van der Waals surface area contributed by atoms with Gasteiger partial charge in [0.05, 0.1) is 12.6 Å². The Hall–Kier alpha value is -1.82. The predicted molar refractivity (Wildman–Crippen MR) is 120 cm³/mol. The lowest BCUT2D eigenvalue weighted by molar-refractivity contribution is 0.282. The minimum absolute atomic E-state index is 0. The summed E-state index contributed by atoms with van der Waals surface area (Å²) in [5.74, 6) is 1.27. The van der Waals surface area contributed by atoms with E-state index in [1.807, 2.05) is 11.6 Å². The fraction of sp³-hybridized carbons (Fsp3) is 0.526. The number of hydrogen-bond acceptors (Lipinski definition) is 4. The molecule has 1 aromatic heterocycles. The van der Waals surface area contributed by atoms with E-state index < -0.39 is 17.7 Å². The van der Waals surface area contributed by atoms with Crippen LogP contribution in [0, 0.1) is 18.6 Å². The number of fused-ring (bicyclic) bond motifs is 1. The van der Waals surface area contributed by atoms with Gasteiger partial charge in [0.15, 0.2) is 5.96 Å². The zero-order valence-electron chi connectivity index (χ0n) is 17.1. The van der Waals surface area contributed by atoms with Crippen LogP contribution >= 0.6 is 24.0 Å². The summed E-state index contributed by atoms with van der Waals surface area (Å²) in [5.41, 5.74) is 0.0517. The molecule has 2 atom stereocenters. The molecule has 0 saturated heterocycles. The highest BCUT2D eigenvalue weighted by Gasteiger charge is 2.24. The van der Waals surface area contributed by atoms with E-state index in [4.69, 9.17) is 0 Å². The number of aromatic nitrogens is 3. The third kappa shape index (κ3) is 5.62. The molecule has 0 spiro atoms. The molecule has 3 rings (SSSR count). The normalized spacial score (nSPS) is 17.5. The Morgan fingerprint density at radius 1 is 1.34 bits per heavy atom. The van der Waals surface area contributed by atoms with E-state index in [-0.39, 0.29) is 35.6 Å². The van der Waals surface area contributed by atoms with Gasteiger partial charge in [-0.25, -0.2) is 18.4 Å². The number of nitrogens with one attached hydrogen (secondary N) is 2. The SMILES string of the molecule is CN=C(NCC(c1c(F)cccc1F)N(C)C)NC1CCc2nc(C)nn2C1.I. The average molecular weight is 519 g/mol. The molecule has 1 aliphatic rings. The molecule has 0 aliphatic carbocycles. The summed E-state index contributed by atoms with van der Waals surface area (Å²) in [5, 5.41) is 11.0. The summed E-state index contributed by atoms with van der Waals surface area (Å²) in [6.07, 6.45) is 1.76. The molecule has 7 nitrogen and oxygen atoms in total. The molecule has 2 aromatic rings. The standard InChI is InChI=1S/C19H27F2N7.HI/c1-12-24-17-9-8-13(11-28(17)26-12)25-19(22-2)23-10-16(27(3)4)18-14(20)6-5-7-15(18)21;/h5-7,13,16H,8-11H2,1-4H3,(H2,22,23,25);1H. The van der Waals surface area contributed by atoms with Gasteiger partial charge in [-0.15, -0.1) is 24.0 Å². The minimum atomic E-state index is -0.551. The monoisotopic (exact) mass is 519 g/mol. The highest BCUT2D eigenvalue weighted by molar-refractivity contribution is 14.0. The van der Waals surface area contributed by atoms with Crippen molar-refractivity contribution in [2.45, 2.75) is 38.4 Å². The molecule has 1 aromatic carbocycles. The van der Waals surface area contributed by atoms with Gasteiger partial charge in [-0.1, -0.05) is 6.07 Å². The van der Waals surface area contributed by atoms with Crippen molar-refractivity contribution in [3.05, 3.63) is 47.0 Å². The van der Waals surface area contributed by atoms with E-state index in [1.54, 1.807) is 26.0 Å². The Kier molecular flexibility index (Phi) is 8.32. The van der Waals surface area contributed by atoms with E-state index in [9.17, 15) is 8.78 Å². The first-order chi connectivity index (χ1) is 13.4. The molecule has 2 heterocycles. The first kappa shape index (κ1) is 23.5. The summed E-state index contributed by atoms with van der Waals surface area (Å²) in [4.78, 5) is 10.5. The van der Waals surface area contributed by atoms with E-state index in [1.165, 1.54) is 18.2 Å². The van der Waals surface area contributed by atoms with Crippen LogP contribution in [0.5, 0.6) is 0 Å². The number of halogens is 3. The molecule has 0 saturated carbocycles. The van der Waals surface area contributed by atoms with Gasteiger partial charge >= 0.3 is 0 Å². The fourth-order valence-electron chi connectivity index (χ4n) is 3.50. The van der Waals surface area contributed by atoms with E-state index in [2.05, 4.69) is 25.7 Å². The Balaban J connectivity index is 0.00000300. The van der Waals surface area contributed by atoms with Crippen LogP contribution in [0.4, 0.5) is 8.78 Å². The van der Waals surface area contributed by atoms with Crippen LogP contribution in [0.25, 0.3) is 0 Å². The number of hydrogen-bond donors (Lipinski definition) is 2. The van der Waals surface area contributed by atoms with E-state index in [0.717, 1.165) is 24.5 Å². The van der Waals surface area contributed by atoms with Crippen molar-refractivity contribution in [1.29, 1.82) is 0 Å². The van der Waals surface area contributed by atoms with Crippen molar-refractivity contribution in [3.63, 3.8) is 0 Å². The zero-order valence-corrected chi connectivity index (χ0v) is 19.4. The number of rotatable bonds is 5. The molecule has 0 amide bonds. The third-order valence-electron chi connectivity index (χ3n) is 4.95. The maximum absolute atomic E-state index is 14.2. The van der Waals surface area contributed by atoms with Gasteiger partial charge in [-0.2, -0.15) is 5.10 Å². The average Bonchev–Trinajstić information content (AvgIpc) is 3.01. The quantitative estimate of drug-likeness (QED) is 0.361. The van der Waals surface area contributed by atoms with Crippen molar-refractivity contribution < 1.29 is 8.78 Å². The lowest BCUT2D eigenvalue weighted by atomic mass is 10.0. The van der Waals surface area contributed by atoms with Crippen LogP contribution in [0.1, 0.15) is 29.7 Å². The number of guanidine groups is 1. The van der Waals surface area contributed by atoms with E-state index in [0.29, 0.717) is 19.0 Å². The van der Waals surface area contributed by atoms with Gasteiger partial charge in [0.2, 0.25) is 0 Å². The molecule has 10 heteroatoms. The summed E-state index contributed by atoms with van der Waals surface area (Å²) in [6.45, 7) is 2.90. The van der Waals surface area contributed by atoms with Gasteiger partial charge in [0.1, 0.15) is 23.3 Å². The zero-order chi connectivity index (χ0) is 20.3. The maximum atomic E-state index is 14.2. The molecule has 0 bridgehead atoms. The minimum Gasteiger partial charge on any atom is -0.354 e.